The van der Waals surface area contributed by atoms with E-state index in [9.17, 15) is 18.0 Å². The van der Waals surface area contributed by atoms with Gasteiger partial charge >= 0.3 is 6.61 Å². The number of halogens is 3. The molecule has 1 N–H and O–H groups in total. The molecule has 1 aliphatic heterocycles. The molecule has 1 amide bonds. The maximum atomic E-state index is 13.1. The van der Waals surface area contributed by atoms with E-state index in [2.05, 4.69) is 19.9 Å². The lowest BCUT2D eigenvalue weighted by molar-refractivity contribution is -0.122. The number of carbonyl (C=O) groups excluding carboxylic acids is 1. The van der Waals surface area contributed by atoms with E-state index < -0.39 is 6.61 Å². The average Bonchev–Trinajstić information content (AvgIpc) is 2.93. The lowest BCUT2D eigenvalue weighted by Crippen LogP contribution is -2.39. The lowest BCUT2D eigenvalue weighted by atomic mass is 10.2. The molecule has 2 aromatic carbocycles. The summed E-state index contributed by atoms with van der Waals surface area (Å²) in [6.45, 7) is 0.942. The predicted octanol–water partition coefficient (Wildman–Crippen LogP) is 3.26. The second-order valence-electron chi connectivity index (χ2n) is 6.89. The van der Waals surface area contributed by atoms with Crippen LogP contribution in [0.25, 0.3) is 0 Å². The predicted molar refractivity (Wildman–Crippen MR) is 105 cm³/mol. The molecule has 5 nitrogen and oxygen atoms in total. The summed E-state index contributed by atoms with van der Waals surface area (Å²) in [6.07, 6.45) is 0.913. The Morgan fingerprint density at radius 3 is 2.41 bits per heavy atom. The van der Waals surface area contributed by atoms with E-state index in [0.29, 0.717) is 13.1 Å². The van der Waals surface area contributed by atoms with Crippen LogP contribution in [0.5, 0.6) is 5.75 Å². The Kier molecular flexibility index (Phi) is 7.35. The molecule has 1 saturated heterocycles. The van der Waals surface area contributed by atoms with E-state index in [1.54, 1.807) is 24.3 Å². The summed E-state index contributed by atoms with van der Waals surface area (Å²) >= 11 is 0. The van der Waals surface area contributed by atoms with Gasteiger partial charge in [0.05, 0.1) is 6.54 Å². The molecule has 0 spiro atoms. The molecule has 2 aromatic rings. The SMILES string of the molecule is O=C(CN1CCCN(c2ccc(F)cc2)CC1)NCc1ccc(OC(F)F)cc1. The Labute approximate surface area is 168 Å². The fourth-order valence-corrected chi connectivity index (χ4v) is 3.29. The minimum atomic E-state index is -2.85. The molecular formula is C21H24F3N3O2. The molecule has 0 bridgehead atoms. The average molecular weight is 407 g/mol. The van der Waals surface area contributed by atoms with Gasteiger partial charge in [-0.2, -0.15) is 8.78 Å². The molecular weight excluding hydrogens is 383 g/mol. The number of ether oxygens (including phenoxy) is 1. The van der Waals surface area contributed by atoms with Crippen LogP contribution in [-0.2, 0) is 11.3 Å². The zero-order valence-electron chi connectivity index (χ0n) is 16.0. The third-order valence-corrected chi connectivity index (χ3v) is 4.79. The van der Waals surface area contributed by atoms with E-state index in [0.717, 1.165) is 43.9 Å². The van der Waals surface area contributed by atoms with E-state index in [1.807, 2.05) is 0 Å². The number of amides is 1. The van der Waals surface area contributed by atoms with Crippen LogP contribution >= 0.6 is 0 Å². The summed E-state index contributed by atoms with van der Waals surface area (Å²) in [7, 11) is 0. The highest BCUT2D eigenvalue weighted by Gasteiger charge is 2.17. The van der Waals surface area contributed by atoms with Crippen molar-refractivity contribution in [3.63, 3.8) is 0 Å². The molecule has 1 aliphatic rings. The molecule has 8 heteroatoms. The normalized spacial score (nSPS) is 15.2. The van der Waals surface area contributed by atoms with Crippen molar-refractivity contribution in [2.24, 2.45) is 0 Å². The minimum Gasteiger partial charge on any atom is -0.435 e. The van der Waals surface area contributed by atoms with E-state index in [4.69, 9.17) is 0 Å². The third-order valence-electron chi connectivity index (χ3n) is 4.79. The van der Waals surface area contributed by atoms with Crippen LogP contribution in [0.15, 0.2) is 48.5 Å². The summed E-state index contributed by atoms with van der Waals surface area (Å²) in [4.78, 5) is 16.6. The molecule has 0 aromatic heterocycles. The van der Waals surface area contributed by atoms with Gasteiger partial charge in [-0.15, -0.1) is 0 Å². The highest BCUT2D eigenvalue weighted by Crippen LogP contribution is 2.17. The van der Waals surface area contributed by atoms with Gasteiger partial charge in [-0.05, 0) is 48.4 Å². The maximum Gasteiger partial charge on any atom is 0.387 e. The number of hydrogen-bond acceptors (Lipinski definition) is 4. The number of nitrogens with one attached hydrogen (secondary N) is 1. The van der Waals surface area contributed by atoms with Crippen molar-refractivity contribution in [2.75, 3.05) is 37.6 Å². The number of hydrogen-bond donors (Lipinski definition) is 1. The van der Waals surface area contributed by atoms with Gasteiger partial charge in [-0.25, -0.2) is 4.39 Å². The van der Waals surface area contributed by atoms with Gasteiger partial charge in [0.15, 0.2) is 0 Å². The summed E-state index contributed by atoms with van der Waals surface area (Å²) in [5, 5.41) is 2.85. The van der Waals surface area contributed by atoms with Crippen LogP contribution in [0, 0.1) is 5.82 Å². The van der Waals surface area contributed by atoms with Gasteiger partial charge in [0.25, 0.3) is 0 Å². The van der Waals surface area contributed by atoms with Gasteiger partial charge in [0.1, 0.15) is 11.6 Å². The molecule has 0 saturated carbocycles. The third kappa shape index (κ3) is 6.67. The molecule has 0 radical (unpaired) electrons. The van der Waals surface area contributed by atoms with Crippen molar-refractivity contribution in [1.82, 2.24) is 10.2 Å². The van der Waals surface area contributed by atoms with Crippen molar-refractivity contribution in [3.8, 4) is 5.75 Å². The molecule has 29 heavy (non-hydrogen) atoms. The zero-order valence-corrected chi connectivity index (χ0v) is 16.0. The summed E-state index contributed by atoms with van der Waals surface area (Å²) in [6, 6.07) is 12.6. The van der Waals surface area contributed by atoms with Gasteiger partial charge in [0, 0.05) is 38.4 Å². The van der Waals surface area contributed by atoms with Crippen LogP contribution in [0.3, 0.4) is 0 Å². The van der Waals surface area contributed by atoms with Crippen molar-refractivity contribution < 1.29 is 22.7 Å². The first kappa shape index (κ1) is 21.0. The smallest absolute Gasteiger partial charge is 0.387 e. The quantitative estimate of drug-likeness (QED) is 0.765. The van der Waals surface area contributed by atoms with Crippen molar-refractivity contribution in [1.29, 1.82) is 0 Å². The van der Waals surface area contributed by atoms with Gasteiger partial charge in [-0.3, -0.25) is 9.69 Å². The largest absolute Gasteiger partial charge is 0.435 e. The second-order valence-corrected chi connectivity index (χ2v) is 6.89. The maximum absolute atomic E-state index is 13.1. The van der Waals surface area contributed by atoms with Crippen LogP contribution in [0.2, 0.25) is 0 Å². The monoisotopic (exact) mass is 407 g/mol. The summed E-state index contributed by atoms with van der Waals surface area (Å²) in [5.74, 6) is -0.253. The molecule has 0 atom stereocenters. The highest BCUT2D eigenvalue weighted by atomic mass is 19.3. The molecule has 1 fully saturated rings. The Bertz CT molecular complexity index is 785. The highest BCUT2D eigenvalue weighted by molar-refractivity contribution is 5.78. The van der Waals surface area contributed by atoms with Crippen LogP contribution in [0.4, 0.5) is 18.9 Å². The molecule has 3 rings (SSSR count). The first-order valence-electron chi connectivity index (χ1n) is 9.53. The number of benzene rings is 2. The van der Waals surface area contributed by atoms with Crippen LogP contribution in [-0.4, -0.2) is 50.1 Å². The van der Waals surface area contributed by atoms with Crippen molar-refractivity contribution in [3.05, 3.63) is 59.9 Å². The Balaban J connectivity index is 1.43. The fourth-order valence-electron chi connectivity index (χ4n) is 3.29. The van der Waals surface area contributed by atoms with E-state index in [1.165, 1.54) is 24.3 Å². The van der Waals surface area contributed by atoms with Gasteiger partial charge < -0.3 is 15.0 Å². The number of rotatable bonds is 7. The Morgan fingerprint density at radius 1 is 1.00 bits per heavy atom. The van der Waals surface area contributed by atoms with Crippen LogP contribution < -0.4 is 15.0 Å². The standard InChI is InChI=1S/C21H24F3N3O2/c22-17-4-6-18(7-5-17)27-11-1-10-26(12-13-27)15-20(28)25-14-16-2-8-19(9-3-16)29-21(23)24/h2-9,21H,1,10-15H2,(H,25,28). The Morgan fingerprint density at radius 2 is 1.72 bits per heavy atom. The van der Waals surface area contributed by atoms with E-state index >= 15 is 0 Å². The minimum absolute atomic E-state index is 0.0883. The topological polar surface area (TPSA) is 44.8 Å². The number of anilines is 1. The lowest BCUT2D eigenvalue weighted by Gasteiger charge is -2.23. The molecule has 0 unspecified atom stereocenters. The van der Waals surface area contributed by atoms with Crippen molar-refractivity contribution in [2.45, 2.75) is 19.6 Å². The second kappa shape index (κ2) is 10.2. The summed E-state index contributed by atoms with van der Waals surface area (Å²) < 4.78 is 41.7. The molecule has 156 valence electrons. The summed E-state index contributed by atoms with van der Waals surface area (Å²) in [5.41, 5.74) is 1.79. The fraction of sp³-hybridized carbons (Fsp3) is 0.381. The van der Waals surface area contributed by atoms with Gasteiger partial charge in [0.2, 0.25) is 5.91 Å². The molecule has 0 aliphatic carbocycles. The van der Waals surface area contributed by atoms with Crippen LogP contribution in [0.1, 0.15) is 12.0 Å². The number of alkyl halides is 2. The number of carbonyl (C=O) groups is 1. The number of nitrogens with zero attached hydrogens (tertiary/aromatic N) is 2. The van der Waals surface area contributed by atoms with E-state index in [-0.39, 0.29) is 17.5 Å². The van der Waals surface area contributed by atoms with Crippen molar-refractivity contribution >= 4 is 11.6 Å². The molecule has 1 heterocycles. The first-order chi connectivity index (χ1) is 14.0. The zero-order chi connectivity index (χ0) is 20.6. The first-order valence-corrected chi connectivity index (χ1v) is 9.53. The van der Waals surface area contributed by atoms with Gasteiger partial charge in [-0.1, -0.05) is 12.1 Å². The Hall–Kier alpha value is -2.74.